The van der Waals surface area contributed by atoms with E-state index in [-0.39, 0.29) is 16.4 Å². The van der Waals surface area contributed by atoms with Gasteiger partial charge in [-0.3, -0.25) is 9.82 Å². The van der Waals surface area contributed by atoms with Gasteiger partial charge in [0.1, 0.15) is 13.2 Å². The fraction of sp³-hybridized carbons (Fsp3) is 0.250. The quantitative estimate of drug-likeness (QED) is 0.774. The Morgan fingerprint density at radius 3 is 2.67 bits per heavy atom. The van der Waals surface area contributed by atoms with Gasteiger partial charge in [-0.1, -0.05) is 0 Å². The number of aromatic amines is 1. The smallest absolute Gasteiger partial charge is 0.263 e. The lowest BCUT2D eigenvalue weighted by molar-refractivity contribution is 0.171. The second-order valence-corrected chi connectivity index (χ2v) is 6.20. The summed E-state index contributed by atoms with van der Waals surface area (Å²) in [5, 5.41) is 6.43. The van der Waals surface area contributed by atoms with Crippen LogP contribution in [0.25, 0.3) is 0 Å². The Labute approximate surface area is 121 Å². The molecule has 4 N–H and O–H groups in total. The van der Waals surface area contributed by atoms with Gasteiger partial charge in [0.15, 0.2) is 17.3 Å². The summed E-state index contributed by atoms with van der Waals surface area (Å²) >= 11 is 0. The number of aryl methyl sites for hydroxylation is 1. The van der Waals surface area contributed by atoms with Gasteiger partial charge in [0, 0.05) is 6.07 Å². The predicted molar refractivity (Wildman–Crippen MR) is 76.0 cm³/mol. The van der Waals surface area contributed by atoms with Gasteiger partial charge in [0.2, 0.25) is 0 Å². The van der Waals surface area contributed by atoms with Crippen LogP contribution in [0.1, 0.15) is 5.69 Å². The molecule has 3 rings (SSSR count). The highest BCUT2D eigenvalue weighted by Crippen LogP contribution is 2.33. The first-order valence-corrected chi connectivity index (χ1v) is 7.68. The maximum atomic E-state index is 12.3. The Kier molecular flexibility index (Phi) is 3.13. The molecule has 0 saturated carbocycles. The van der Waals surface area contributed by atoms with Gasteiger partial charge in [-0.15, -0.1) is 0 Å². The second-order valence-electron chi connectivity index (χ2n) is 4.52. The van der Waals surface area contributed by atoms with E-state index in [1.807, 2.05) is 0 Å². The van der Waals surface area contributed by atoms with Crippen LogP contribution in [0.4, 0.5) is 11.5 Å². The molecule has 1 aliphatic heterocycles. The van der Waals surface area contributed by atoms with E-state index in [4.69, 9.17) is 15.2 Å². The molecule has 0 bridgehead atoms. The molecule has 0 spiro atoms. The van der Waals surface area contributed by atoms with Crippen LogP contribution in [0.15, 0.2) is 23.1 Å². The summed E-state index contributed by atoms with van der Waals surface area (Å²) < 4.78 is 37.7. The normalized spacial score (nSPS) is 14.0. The van der Waals surface area contributed by atoms with Gasteiger partial charge in [-0.25, -0.2) is 8.42 Å². The number of H-pyrrole nitrogens is 1. The first kappa shape index (κ1) is 13.6. The van der Waals surface area contributed by atoms with E-state index in [0.29, 0.717) is 30.4 Å². The molecule has 0 saturated heterocycles. The number of fused-ring (bicyclic) bond motifs is 1. The molecule has 0 unspecified atom stereocenters. The highest BCUT2D eigenvalue weighted by molar-refractivity contribution is 7.92. The number of nitrogens with zero attached hydrogens (tertiary/aromatic N) is 1. The monoisotopic (exact) mass is 310 g/mol. The zero-order valence-corrected chi connectivity index (χ0v) is 12.0. The predicted octanol–water partition coefficient (Wildman–Crippen LogP) is 0.872. The second kappa shape index (κ2) is 4.85. The average molecular weight is 310 g/mol. The number of aromatic nitrogens is 2. The van der Waals surface area contributed by atoms with E-state index in [1.165, 1.54) is 12.1 Å². The summed E-state index contributed by atoms with van der Waals surface area (Å²) in [4.78, 5) is 0.0480. The van der Waals surface area contributed by atoms with Crippen molar-refractivity contribution in [2.45, 2.75) is 11.8 Å². The van der Waals surface area contributed by atoms with Crippen molar-refractivity contribution in [3.05, 3.63) is 23.9 Å². The number of nitrogen functional groups attached to an aromatic ring is 1. The van der Waals surface area contributed by atoms with Crippen molar-refractivity contribution in [3.63, 3.8) is 0 Å². The Morgan fingerprint density at radius 1 is 1.29 bits per heavy atom. The third kappa shape index (κ3) is 2.47. The number of sulfonamides is 1. The van der Waals surface area contributed by atoms with Crippen LogP contribution in [0.3, 0.4) is 0 Å². The lowest BCUT2D eigenvalue weighted by Gasteiger charge is -2.18. The summed E-state index contributed by atoms with van der Waals surface area (Å²) in [6.45, 7) is 2.53. The van der Waals surface area contributed by atoms with Crippen LogP contribution >= 0.6 is 0 Å². The molecule has 0 amide bonds. The molecule has 1 aliphatic rings. The summed E-state index contributed by atoms with van der Waals surface area (Å²) in [5.74, 6) is 0.994. The molecule has 112 valence electrons. The van der Waals surface area contributed by atoms with Crippen LogP contribution in [0.5, 0.6) is 11.5 Å². The van der Waals surface area contributed by atoms with E-state index >= 15 is 0 Å². The van der Waals surface area contributed by atoms with E-state index in [2.05, 4.69) is 14.9 Å². The zero-order valence-electron chi connectivity index (χ0n) is 11.2. The SMILES string of the molecule is Cc1[nH]nc(NS(=O)(=O)c2ccc3c(c2)OCCO3)c1N. The van der Waals surface area contributed by atoms with Crippen LogP contribution in [-0.4, -0.2) is 31.8 Å². The minimum Gasteiger partial charge on any atom is -0.486 e. The first-order valence-electron chi connectivity index (χ1n) is 6.20. The highest BCUT2D eigenvalue weighted by Gasteiger charge is 2.21. The van der Waals surface area contributed by atoms with E-state index in [1.54, 1.807) is 13.0 Å². The zero-order chi connectivity index (χ0) is 15.0. The summed E-state index contributed by atoms with van der Waals surface area (Å²) in [6.07, 6.45) is 0. The van der Waals surface area contributed by atoms with Gasteiger partial charge >= 0.3 is 0 Å². The van der Waals surface area contributed by atoms with Crippen molar-refractivity contribution in [1.29, 1.82) is 0 Å². The molecular weight excluding hydrogens is 296 g/mol. The Bertz CT molecular complexity index is 785. The first-order chi connectivity index (χ1) is 9.97. The minimum absolute atomic E-state index is 0.0480. The Morgan fingerprint density at radius 2 is 2.00 bits per heavy atom. The number of hydrogen-bond acceptors (Lipinski definition) is 6. The van der Waals surface area contributed by atoms with E-state index < -0.39 is 10.0 Å². The number of rotatable bonds is 3. The van der Waals surface area contributed by atoms with Crippen molar-refractivity contribution < 1.29 is 17.9 Å². The largest absolute Gasteiger partial charge is 0.486 e. The molecule has 2 aromatic rings. The maximum Gasteiger partial charge on any atom is 0.263 e. The number of hydrogen-bond donors (Lipinski definition) is 3. The van der Waals surface area contributed by atoms with Gasteiger partial charge in [0.05, 0.1) is 16.3 Å². The standard InChI is InChI=1S/C12H14N4O4S/c1-7-11(13)12(15-14-7)16-21(17,18)8-2-3-9-10(6-8)20-5-4-19-9/h2-3,6H,4-5,13H2,1H3,(H2,14,15,16). The molecule has 0 atom stereocenters. The summed E-state index contributed by atoms with van der Waals surface area (Å²) in [7, 11) is -3.80. The van der Waals surface area contributed by atoms with Crippen molar-refractivity contribution in [2.75, 3.05) is 23.7 Å². The number of nitrogens with two attached hydrogens (primary N) is 1. The van der Waals surface area contributed by atoms with Crippen LogP contribution in [0.2, 0.25) is 0 Å². The van der Waals surface area contributed by atoms with Gasteiger partial charge in [-0.05, 0) is 19.1 Å². The summed E-state index contributed by atoms with van der Waals surface area (Å²) in [5.41, 5.74) is 6.59. The molecule has 9 heteroatoms. The molecule has 0 fully saturated rings. The number of anilines is 2. The van der Waals surface area contributed by atoms with Gasteiger partial charge in [-0.2, -0.15) is 5.10 Å². The number of benzene rings is 1. The molecule has 21 heavy (non-hydrogen) atoms. The Balaban J connectivity index is 1.93. The lowest BCUT2D eigenvalue weighted by Crippen LogP contribution is -2.17. The Hall–Kier alpha value is -2.42. The van der Waals surface area contributed by atoms with Crippen molar-refractivity contribution in [1.82, 2.24) is 10.2 Å². The lowest BCUT2D eigenvalue weighted by atomic mass is 10.3. The molecule has 8 nitrogen and oxygen atoms in total. The third-order valence-corrected chi connectivity index (χ3v) is 4.39. The summed E-state index contributed by atoms with van der Waals surface area (Å²) in [6, 6.07) is 4.40. The van der Waals surface area contributed by atoms with Crippen LogP contribution < -0.4 is 19.9 Å². The number of ether oxygens (including phenoxy) is 2. The molecule has 0 aliphatic carbocycles. The van der Waals surface area contributed by atoms with Gasteiger partial charge < -0.3 is 15.2 Å². The highest BCUT2D eigenvalue weighted by atomic mass is 32.2. The van der Waals surface area contributed by atoms with E-state index in [0.717, 1.165) is 0 Å². The molecule has 2 heterocycles. The van der Waals surface area contributed by atoms with E-state index in [9.17, 15) is 8.42 Å². The third-order valence-electron chi connectivity index (χ3n) is 3.05. The van der Waals surface area contributed by atoms with Crippen molar-refractivity contribution in [2.24, 2.45) is 0 Å². The molecular formula is C12H14N4O4S. The molecule has 1 aromatic heterocycles. The fourth-order valence-corrected chi connectivity index (χ4v) is 2.93. The fourth-order valence-electron chi connectivity index (χ4n) is 1.89. The molecule has 0 radical (unpaired) electrons. The van der Waals surface area contributed by atoms with Crippen LogP contribution in [-0.2, 0) is 10.0 Å². The molecule has 1 aromatic carbocycles. The van der Waals surface area contributed by atoms with Crippen molar-refractivity contribution >= 4 is 21.5 Å². The average Bonchev–Trinajstić information content (AvgIpc) is 2.78. The van der Waals surface area contributed by atoms with Crippen LogP contribution in [0, 0.1) is 6.92 Å². The van der Waals surface area contributed by atoms with Gasteiger partial charge in [0.25, 0.3) is 10.0 Å². The number of nitrogens with one attached hydrogen (secondary N) is 2. The van der Waals surface area contributed by atoms with Crippen molar-refractivity contribution in [3.8, 4) is 11.5 Å². The topological polar surface area (TPSA) is 119 Å². The minimum atomic E-state index is -3.80. The maximum absolute atomic E-state index is 12.3.